The Morgan fingerprint density at radius 1 is 1.26 bits per heavy atom. The van der Waals surface area contributed by atoms with E-state index in [2.05, 4.69) is 32.2 Å². The monoisotopic (exact) mass is 305 g/mol. The highest BCUT2D eigenvalue weighted by Crippen LogP contribution is 2.33. The van der Waals surface area contributed by atoms with Crippen molar-refractivity contribution in [3.63, 3.8) is 0 Å². The van der Waals surface area contributed by atoms with E-state index in [0.717, 1.165) is 45.9 Å². The Hall–Kier alpha value is -2.69. The first-order chi connectivity index (χ1) is 11.3. The van der Waals surface area contributed by atoms with Gasteiger partial charge in [0.05, 0.1) is 0 Å². The maximum atomic E-state index is 5.66. The number of aryl methyl sites for hydroxylation is 1. The van der Waals surface area contributed by atoms with E-state index < -0.39 is 0 Å². The van der Waals surface area contributed by atoms with Crippen molar-refractivity contribution in [3.8, 4) is 0 Å². The summed E-state index contributed by atoms with van der Waals surface area (Å²) in [6, 6.07) is 8.05. The molecule has 0 unspecified atom stereocenters. The van der Waals surface area contributed by atoms with Crippen LogP contribution < -0.4 is 5.84 Å². The van der Waals surface area contributed by atoms with Crippen LogP contribution in [0.1, 0.15) is 36.1 Å². The smallest absolute Gasteiger partial charge is 0.137 e. The summed E-state index contributed by atoms with van der Waals surface area (Å²) in [5.41, 5.74) is 4.57. The molecule has 0 bridgehead atoms. The first kappa shape index (κ1) is 13.9. The van der Waals surface area contributed by atoms with Gasteiger partial charge in [-0.1, -0.05) is 12.8 Å². The lowest BCUT2D eigenvalue weighted by molar-refractivity contribution is 0.714. The summed E-state index contributed by atoms with van der Waals surface area (Å²) in [6.07, 6.45) is 10.6. The average Bonchev–Trinajstić information content (AvgIpc) is 3.34. The van der Waals surface area contributed by atoms with Gasteiger partial charge in [-0.3, -0.25) is 4.98 Å². The molecule has 3 heterocycles. The third-order valence-electron chi connectivity index (χ3n) is 4.44. The minimum Gasteiger partial charge on any atom is -0.345 e. The summed E-state index contributed by atoms with van der Waals surface area (Å²) in [7, 11) is 0. The minimum atomic E-state index is 0.727. The lowest BCUT2D eigenvalue weighted by atomic mass is 10.0. The molecular formula is C18H19N5. The maximum absolute atomic E-state index is 5.66. The molecule has 3 N–H and O–H groups in total. The number of hydrogen-bond donors (Lipinski definition) is 2. The SMILES string of the molecule is N/N=C(\c1ccc(CCC2CC2)nc1)c1c[nH]c2ncccc12. The summed E-state index contributed by atoms with van der Waals surface area (Å²) >= 11 is 0. The van der Waals surface area contributed by atoms with Gasteiger partial charge in [0.15, 0.2) is 0 Å². The summed E-state index contributed by atoms with van der Waals surface area (Å²) in [6.45, 7) is 0. The summed E-state index contributed by atoms with van der Waals surface area (Å²) in [5, 5.41) is 5.00. The highest BCUT2D eigenvalue weighted by molar-refractivity contribution is 6.18. The molecule has 0 aliphatic heterocycles. The van der Waals surface area contributed by atoms with Gasteiger partial charge >= 0.3 is 0 Å². The molecule has 0 radical (unpaired) electrons. The molecule has 3 aromatic heterocycles. The second kappa shape index (κ2) is 5.83. The van der Waals surface area contributed by atoms with Crippen LogP contribution in [0.5, 0.6) is 0 Å². The second-order valence-electron chi connectivity index (χ2n) is 6.10. The van der Waals surface area contributed by atoms with E-state index in [9.17, 15) is 0 Å². The molecular weight excluding hydrogens is 286 g/mol. The van der Waals surface area contributed by atoms with Crippen LogP contribution in [-0.4, -0.2) is 20.7 Å². The Labute approximate surface area is 134 Å². The van der Waals surface area contributed by atoms with Crippen molar-refractivity contribution in [1.29, 1.82) is 0 Å². The van der Waals surface area contributed by atoms with E-state index in [0.29, 0.717) is 0 Å². The van der Waals surface area contributed by atoms with Crippen LogP contribution >= 0.6 is 0 Å². The van der Waals surface area contributed by atoms with Gasteiger partial charge in [0.25, 0.3) is 0 Å². The molecule has 1 aliphatic rings. The Bertz CT molecular complexity index is 843. The van der Waals surface area contributed by atoms with Gasteiger partial charge in [0.2, 0.25) is 0 Å². The van der Waals surface area contributed by atoms with Gasteiger partial charge in [-0.15, -0.1) is 0 Å². The highest BCUT2D eigenvalue weighted by atomic mass is 15.1. The van der Waals surface area contributed by atoms with Crippen LogP contribution in [0.15, 0.2) is 48.0 Å². The number of nitrogens with zero attached hydrogens (tertiary/aromatic N) is 3. The zero-order valence-electron chi connectivity index (χ0n) is 12.9. The van der Waals surface area contributed by atoms with Gasteiger partial charge in [-0.25, -0.2) is 4.98 Å². The normalized spacial score (nSPS) is 15.2. The number of aromatic amines is 1. The number of nitrogens with one attached hydrogen (secondary N) is 1. The molecule has 0 aromatic carbocycles. The van der Waals surface area contributed by atoms with Crippen LogP contribution in [-0.2, 0) is 6.42 Å². The molecule has 3 aromatic rings. The Kier molecular flexibility index (Phi) is 3.54. The van der Waals surface area contributed by atoms with Gasteiger partial charge < -0.3 is 10.8 Å². The van der Waals surface area contributed by atoms with Gasteiger partial charge in [0, 0.05) is 40.8 Å². The Morgan fingerprint density at radius 3 is 2.91 bits per heavy atom. The molecule has 0 atom stereocenters. The molecule has 1 saturated carbocycles. The van der Waals surface area contributed by atoms with Gasteiger partial charge in [-0.2, -0.15) is 5.10 Å². The Morgan fingerprint density at radius 2 is 2.17 bits per heavy atom. The molecule has 23 heavy (non-hydrogen) atoms. The molecule has 1 aliphatic carbocycles. The summed E-state index contributed by atoms with van der Waals surface area (Å²) in [5.74, 6) is 6.58. The van der Waals surface area contributed by atoms with E-state index in [1.54, 1.807) is 6.20 Å². The van der Waals surface area contributed by atoms with Crippen LogP contribution in [0.3, 0.4) is 0 Å². The lowest BCUT2D eigenvalue weighted by Crippen LogP contribution is -2.07. The summed E-state index contributed by atoms with van der Waals surface area (Å²) < 4.78 is 0. The number of hydrazone groups is 1. The first-order valence-electron chi connectivity index (χ1n) is 8.01. The third kappa shape index (κ3) is 2.82. The van der Waals surface area contributed by atoms with E-state index in [1.807, 2.05) is 24.5 Å². The van der Waals surface area contributed by atoms with Gasteiger partial charge in [-0.05, 0) is 43.0 Å². The predicted molar refractivity (Wildman–Crippen MR) is 91.2 cm³/mol. The number of pyridine rings is 2. The highest BCUT2D eigenvalue weighted by Gasteiger charge is 2.20. The Balaban J connectivity index is 1.61. The van der Waals surface area contributed by atoms with Crippen LogP contribution in [0.4, 0.5) is 0 Å². The lowest BCUT2D eigenvalue weighted by Gasteiger charge is -2.06. The fraction of sp³-hybridized carbons (Fsp3) is 0.278. The zero-order valence-corrected chi connectivity index (χ0v) is 12.9. The molecule has 5 nitrogen and oxygen atoms in total. The zero-order chi connectivity index (χ0) is 15.6. The number of hydrogen-bond acceptors (Lipinski definition) is 4. The average molecular weight is 305 g/mol. The maximum Gasteiger partial charge on any atom is 0.137 e. The molecule has 0 spiro atoms. The number of nitrogens with two attached hydrogens (primary N) is 1. The largest absolute Gasteiger partial charge is 0.345 e. The molecule has 0 amide bonds. The van der Waals surface area contributed by atoms with Crippen LogP contribution in [0, 0.1) is 5.92 Å². The van der Waals surface area contributed by atoms with Crippen molar-refractivity contribution in [3.05, 3.63) is 59.7 Å². The minimum absolute atomic E-state index is 0.727. The van der Waals surface area contributed by atoms with Crippen LogP contribution in [0.25, 0.3) is 11.0 Å². The number of rotatable bonds is 5. The topological polar surface area (TPSA) is 80.0 Å². The third-order valence-corrected chi connectivity index (χ3v) is 4.44. The number of fused-ring (bicyclic) bond motifs is 1. The van der Waals surface area contributed by atoms with Crippen molar-refractivity contribution in [2.75, 3.05) is 0 Å². The molecule has 5 heteroatoms. The van der Waals surface area contributed by atoms with E-state index in [1.165, 1.54) is 19.3 Å². The van der Waals surface area contributed by atoms with Gasteiger partial charge in [0.1, 0.15) is 11.4 Å². The predicted octanol–water partition coefficient (Wildman–Crippen LogP) is 3.01. The molecule has 1 fully saturated rings. The van der Waals surface area contributed by atoms with E-state index >= 15 is 0 Å². The molecule has 4 rings (SSSR count). The van der Waals surface area contributed by atoms with Crippen molar-refractivity contribution >= 4 is 16.7 Å². The van der Waals surface area contributed by atoms with Crippen molar-refractivity contribution in [1.82, 2.24) is 15.0 Å². The molecule has 0 saturated heterocycles. The van der Waals surface area contributed by atoms with Crippen molar-refractivity contribution < 1.29 is 0 Å². The molecule has 116 valence electrons. The standard InChI is InChI=1S/C18H19N5/c19-23-17(16-11-22-18-15(16)2-1-9-20-18)13-6-8-14(21-10-13)7-5-12-3-4-12/h1-2,6,8-12H,3-5,7,19H2,(H,20,22)/b23-17+. The number of aromatic nitrogens is 3. The number of H-pyrrole nitrogens is 1. The van der Waals surface area contributed by atoms with Crippen LogP contribution in [0.2, 0.25) is 0 Å². The first-order valence-corrected chi connectivity index (χ1v) is 8.01. The quantitative estimate of drug-likeness (QED) is 0.432. The summed E-state index contributed by atoms with van der Waals surface area (Å²) in [4.78, 5) is 12.0. The van der Waals surface area contributed by atoms with Crippen molar-refractivity contribution in [2.45, 2.75) is 25.7 Å². The van der Waals surface area contributed by atoms with E-state index in [-0.39, 0.29) is 0 Å². The fourth-order valence-electron chi connectivity index (χ4n) is 2.92. The fourth-order valence-corrected chi connectivity index (χ4v) is 2.92. The second-order valence-corrected chi connectivity index (χ2v) is 6.10. The van der Waals surface area contributed by atoms with E-state index in [4.69, 9.17) is 5.84 Å². The van der Waals surface area contributed by atoms with Crippen molar-refractivity contribution in [2.24, 2.45) is 16.9 Å².